The van der Waals surface area contributed by atoms with Crippen LogP contribution in [-0.4, -0.2) is 18.6 Å². The second kappa shape index (κ2) is 5.73. The number of rotatable bonds is 3. The zero-order valence-corrected chi connectivity index (χ0v) is 11.2. The molecule has 0 fully saturated rings. The van der Waals surface area contributed by atoms with E-state index in [4.69, 9.17) is 4.74 Å². The zero-order valence-electron chi connectivity index (χ0n) is 11.2. The average molecular weight is 278 g/mol. The van der Waals surface area contributed by atoms with Crippen molar-refractivity contribution in [2.75, 3.05) is 6.61 Å². The summed E-state index contributed by atoms with van der Waals surface area (Å²) >= 11 is 0. The van der Waals surface area contributed by atoms with Gasteiger partial charge in [-0.05, 0) is 31.5 Å². The molecule has 1 unspecified atom stereocenters. The molecule has 0 aromatic heterocycles. The second-order valence-corrected chi connectivity index (χ2v) is 4.35. The van der Waals surface area contributed by atoms with Gasteiger partial charge in [0.1, 0.15) is 5.82 Å². The van der Waals surface area contributed by atoms with Crippen molar-refractivity contribution in [3.63, 3.8) is 0 Å². The molecule has 2 N–H and O–H groups in total. The molecule has 0 saturated heterocycles. The standard InChI is InChI=1S/C14H15FN2O3/c1-3-20-13(18)11-8(2)16-14(19)17-12(11)9-5-4-6-10(15)7-9/h4-7,12H,3H2,1-2H3,(H2,16,17,19). The lowest BCUT2D eigenvalue weighted by molar-refractivity contribution is -0.139. The van der Waals surface area contributed by atoms with Crippen molar-refractivity contribution in [2.45, 2.75) is 19.9 Å². The highest BCUT2D eigenvalue weighted by molar-refractivity contribution is 5.94. The fourth-order valence-corrected chi connectivity index (χ4v) is 2.11. The first kappa shape index (κ1) is 14.0. The molecule has 1 aliphatic heterocycles. The number of carbonyl (C=O) groups excluding carboxylic acids is 2. The van der Waals surface area contributed by atoms with Crippen LogP contribution in [0.5, 0.6) is 0 Å². The molecule has 0 radical (unpaired) electrons. The average Bonchev–Trinajstić information content (AvgIpc) is 2.37. The second-order valence-electron chi connectivity index (χ2n) is 4.35. The van der Waals surface area contributed by atoms with Gasteiger partial charge < -0.3 is 15.4 Å². The van der Waals surface area contributed by atoms with Crippen LogP contribution in [0.15, 0.2) is 35.5 Å². The summed E-state index contributed by atoms with van der Waals surface area (Å²) in [6, 6.07) is 4.59. The maximum absolute atomic E-state index is 13.3. The van der Waals surface area contributed by atoms with Gasteiger partial charge >= 0.3 is 12.0 Å². The highest BCUT2D eigenvalue weighted by atomic mass is 19.1. The molecule has 2 amide bonds. The summed E-state index contributed by atoms with van der Waals surface area (Å²) in [4.78, 5) is 23.6. The number of hydrogen-bond acceptors (Lipinski definition) is 3. The molecule has 0 spiro atoms. The fourth-order valence-electron chi connectivity index (χ4n) is 2.11. The van der Waals surface area contributed by atoms with Crippen molar-refractivity contribution < 1.29 is 18.7 Å². The predicted molar refractivity (Wildman–Crippen MR) is 70.1 cm³/mol. The van der Waals surface area contributed by atoms with Gasteiger partial charge in [-0.1, -0.05) is 12.1 Å². The minimum atomic E-state index is -0.724. The van der Waals surface area contributed by atoms with E-state index in [1.165, 1.54) is 18.2 Å². The molecule has 0 aliphatic carbocycles. The van der Waals surface area contributed by atoms with Crippen LogP contribution in [0.25, 0.3) is 0 Å². The molecule has 1 aromatic rings. The third-order valence-corrected chi connectivity index (χ3v) is 2.95. The van der Waals surface area contributed by atoms with Gasteiger partial charge in [-0.2, -0.15) is 0 Å². The van der Waals surface area contributed by atoms with E-state index in [2.05, 4.69) is 10.6 Å². The number of ether oxygens (including phenoxy) is 1. The molecule has 106 valence electrons. The number of nitrogens with one attached hydrogen (secondary N) is 2. The Labute approximate surface area is 115 Å². The Hall–Kier alpha value is -2.37. The number of benzene rings is 1. The minimum Gasteiger partial charge on any atom is -0.463 e. The highest BCUT2D eigenvalue weighted by Crippen LogP contribution is 2.27. The van der Waals surface area contributed by atoms with Gasteiger partial charge in [-0.15, -0.1) is 0 Å². The van der Waals surface area contributed by atoms with Crippen LogP contribution in [0, 0.1) is 5.82 Å². The summed E-state index contributed by atoms with van der Waals surface area (Å²) in [5.41, 5.74) is 1.17. The Morgan fingerprint density at radius 3 is 2.85 bits per heavy atom. The first-order chi connectivity index (χ1) is 9.52. The Balaban J connectivity index is 2.44. The van der Waals surface area contributed by atoms with E-state index in [1.54, 1.807) is 19.9 Å². The Kier molecular flexibility index (Phi) is 4.02. The van der Waals surface area contributed by atoms with Crippen LogP contribution in [0.2, 0.25) is 0 Å². The number of esters is 1. The number of amides is 2. The van der Waals surface area contributed by atoms with Crippen LogP contribution in [-0.2, 0) is 9.53 Å². The van der Waals surface area contributed by atoms with Crippen molar-refractivity contribution in [1.29, 1.82) is 0 Å². The normalized spacial score (nSPS) is 18.4. The van der Waals surface area contributed by atoms with E-state index < -0.39 is 23.9 Å². The van der Waals surface area contributed by atoms with Gasteiger partial charge in [-0.3, -0.25) is 0 Å². The Morgan fingerprint density at radius 2 is 2.20 bits per heavy atom. The molecule has 0 bridgehead atoms. The molecule has 20 heavy (non-hydrogen) atoms. The van der Waals surface area contributed by atoms with Crippen molar-refractivity contribution in [3.05, 3.63) is 46.9 Å². The van der Waals surface area contributed by atoms with Crippen LogP contribution < -0.4 is 10.6 Å². The molecule has 1 atom stereocenters. The summed E-state index contributed by atoms with van der Waals surface area (Å²) < 4.78 is 18.3. The van der Waals surface area contributed by atoms with Crippen LogP contribution in [0.3, 0.4) is 0 Å². The van der Waals surface area contributed by atoms with E-state index in [9.17, 15) is 14.0 Å². The monoisotopic (exact) mass is 278 g/mol. The maximum atomic E-state index is 13.3. The number of halogens is 1. The lowest BCUT2D eigenvalue weighted by Crippen LogP contribution is -2.45. The van der Waals surface area contributed by atoms with Crippen molar-refractivity contribution in [3.8, 4) is 0 Å². The van der Waals surface area contributed by atoms with Crippen LogP contribution >= 0.6 is 0 Å². The topological polar surface area (TPSA) is 67.4 Å². The number of urea groups is 1. The zero-order chi connectivity index (χ0) is 14.7. The van der Waals surface area contributed by atoms with Crippen molar-refractivity contribution in [2.24, 2.45) is 0 Å². The summed E-state index contributed by atoms with van der Waals surface area (Å²) in [6.07, 6.45) is 0. The van der Waals surface area contributed by atoms with Crippen LogP contribution in [0.4, 0.5) is 9.18 Å². The van der Waals surface area contributed by atoms with Crippen molar-refractivity contribution in [1.82, 2.24) is 10.6 Å². The predicted octanol–water partition coefficient (Wildman–Crippen LogP) is 2.02. The molecule has 1 aliphatic rings. The third kappa shape index (κ3) is 2.79. The smallest absolute Gasteiger partial charge is 0.338 e. The van der Waals surface area contributed by atoms with Gasteiger partial charge in [0.25, 0.3) is 0 Å². The van der Waals surface area contributed by atoms with E-state index in [0.29, 0.717) is 11.3 Å². The number of allylic oxidation sites excluding steroid dienone is 1. The van der Waals surface area contributed by atoms with Crippen molar-refractivity contribution >= 4 is 12.0 Å². The number of hydrogen-bond donors (Lipinski definition) is 2. The van der Waals surface area contributed by atoms with E-state index in [0.717, 1.165) is 0 Å². The first-order valence-electron chi connectivity index (χ1n) is 6.23. The third-order valence-electron chi connectivity index (χ3n) is 2.95. The van der Waals surface area contributed by atoms with E-state index in [-0.39, 0.29) is 12.2 Å². The fraction of sp³-hybridized carbons (Fsp3) is 0.286. The molecule has 2 rings (SSSR count). The molecule has 6 heteroatoms. The molecule has 1 heterocycles. The largest absolute Gasteiger partial charge is 0.463 e. The quantitative estimate of drug-likeness (QED) is 0.831. The van der Waals surface area contributed by atoms with E-state index in [1.807, 2.05) is 0 Å². The van der Waals surface area contributed by atoms with Gasteiger partial charge in [0, 0.05) is 5.70 Å². The van der Waals surface area contributed by atoms with Crippen LogP contribution in [0.1, 0.15) is 25.5 Å². The summed E-state index contributed by atoms with van der Waals surface area (Å²) in [5.74, 6) is -0.970. The van der Waals surface area contributed by atoms with Gasteiger partial charge in [0.2, 0.25) is 0 Å². The lowest BCUT2D eigenvalue weighted by Gasteiger charge is -2.28. The van der Waals surface area contributed by atoms with Gasteiger partial charge in [-0.25, -0.2) is 14.0 Å². The molecular formula is C14H15FN2O3. The molecule has 0 saturated carbocycles. The first-order valence-corrected chi connectivity index (χ1v) is 6.23. The maximum Gasteiger partial charge on any atom is 0.338 e. The Morgan fingerprint density at radius 1 is 1.45 bits per heavy atom. The van der Waals surface area contributed by atoms with Gasteiger partial charge in [0.15, 0.2) is 0 Å². The Bertz CT molecular complexity index is 584. The SMILES string of the molecule is CCOC(=O)C1=C(C)NC(=O)NC1c1cccc(F)c1. The minimum absolute atomic E-state index is 0.222. The summed E-state index contributed by atoms with van der Waals surface area (Å²) in [6.45, 7) is 3.52. The lowest BCUT2D eigenvalue weighted by atomic mass is 9.95. The molecule has 1 aromatic carbocycles. The summed E-state index contributed by atoms with van der Waals surface area (Å²) in [5, 5.41) is 5.12. The van der Waals surface area contributed by atoms with E-state index >= 15 is 0 Å². The molecular weight excluding hydrogens is 263 g/mol. The number of carbonyl (C=O) groups is 2. The van der Waals surface area contributed by atoms with Gasteiger partial charge in [0.05, 0.1) is 18.2 Å². The molecule has 5 nitrogen and oxygen atoms in total. The highest BCUT2D eigenvalue weighted by Gasteiger charge is 2.32. The summed E-state index contributed by atoms with van der Waals surface area (Å²) in [7, 11) is 0.